The first-order valence-electron chi connectivity index (χ1n) is 9.17. The summed E-state index contributed by atoms with van der Waals surface area (Å²) in [6, 6.07) is 10.2. The van der Waals surface area contributed by atoms with E-state index in [-0.39, 0.29) is 0 Å². The average molecular weight is 392 g/mol. The minimum Gasteiger partial charge on any atom is -0.396 e. The highest BCUT2D eigenvalue weighted by molar-refractivity contribution is 7.22. The maximum Gasteiger partial charge on any atom is 0.206 e. The fourth-order valence-electron chi connectivity index (χ4n) is 3.55. The number of hydrogen-bond donors (Lipinski definition) is 1. The number of fused-ring (bicyclic) bond motifs is 1. The summed E-state index contributed by atoms with van der Waals surface area (Å²) in [4.78, 5) is 16.3. The molecule has 4 heterocycles. The molecule has 0 bridgehead atoms. The predicted octanol–water partition coefficient (Wildman–Crippen LogP) is 3.18. The Morgan fingerprint density at radius 2 is 1.86 bits per heavy atom. The van der Waals surface area contributed by atoms with Crippen LogP contribution in [-0.4, -0.2) is 45.8 Å². The molecule has 1 fully saturated rings. The van der Waals surface area contributed by atoms with Crippen molar-refractivity contribution in [2.45, 2.75) is 0 Å². The van der Waals surface area contributed by atoms with Gasteiger partial charge in [0, 0.05) is 25.7 Å². The van der Waals surface area contributed by atoms with Crippen LogP contribution in [0.5, 0.6) is 0 Å². The second kappa shape index (κ2) is 6.88. The lowest BCUT2D eigenvalue weighted by molar-refractivity contribution is 0.122. The molecule has 0 amide bonds. The lowest BCUT2D eigenvalue weighted by Crippen LogP contribution is -2.37. The van der Waals surface area contributed by atoms with Crippen LogP contribution in [0.25, 0.3) is 32.2 Å². The lowest BCUT2D eigenvalue weighted by atomic mass is 10.1. The van der Waals surface area contributed by atoms with Crippen LogP contribution in [0, 0.1) is 0 Å². The maximum atomic E-state index is 6.12. The first kappa shape index (κ1) is 17.2. The Kier molecular flexibility index (Phi) is 4.22. The molecule has 4 aromatic rings. The number of aromatic nitrogens is 4. The first-order valence-corrected chi connectivity index (χ1v) is 9.99. The van der Waals surface area contributed by atoms with Gasteiger partial charge in [-0.05, 0) is 0 Å². The van der Waals surface area contributed by atoms with Crippen LogP contribution in [0.3, 0.4) is 0 Å². The van der Waals surface area contributed by atoms with Gasteiger partial charge in [-0.25, -0.2) is 9.97 Å². The molecule has 1 saturated heterocycles. The van der Waals surface area contributed by atoms with E-state index in [4.69, 9.17) is 20.4 Å². The van der Waals surface area contributed by atoms with Crippen molar-refractivity contribution in [1.29, 1.82) is 0 Å². The van der Waals surface area contributed by atoms with E-state index in [2.05, 4.69) is 26.6 Å². The zero-order valence-electron chi connectivity index (χ0n) is 15.5. The van der Waals surface area contributed by atoms with Gasteiger partial charge in [0.2, 0.25) is 5.95 Å². The molecule has 142 valence electrons. The fourth-order valence-corrected chi connectivity index (χ4v) is 4.59. The quantitative estimate of drug-likeness (QED) is 0.577. The van der Waals surface area contributed by atoms with Crippen LogP contribution >= 0.6 is 11.3 Å². The Labute approximate surface area is 166 Å². The third-order valence-electron chi connectivity index (χ3n) is 4.94. The van der Waals surface area contributed by atoms with E-state index in [9.17, 15) is 0 Å². The van der Waals surface area contributed by atoms with Gasteiger partial charge in [-0.2, -0.15) is 0 Å². The van der Waals surface area contributed by atoms with Crippen LogP contribution in [0.2, 0.25) is 0 Å². The van der Waals surface area contributed by atoms with Crippen molar-refractivity contribution in [3.63, 3.8) is 0 Å². The highest BCUT2D eigenvalue weighted by Gasteiger charge is 2.25. The lowest BCUT2D eigenvalue weighted by Gasteiger charge is -2.27. The van der Waals surface area contributed by atoms with Crippen molar-refractivity contribution in [1.82, 2.24) is 19.5 Å². The van der Waals surface area contributed by atoms with Gasteiger partial charge in [-0.3, -0.25) is 4.98 Å². The standard InChI is InChI=1S/C20H20N6OS/c1-25-17(19-23-15-12-22-11-14(21)18(15)28-19)16(13-5-3-2-4-6-13)24-20(25)26-7-9-27-10-8-26/h2-6,11-12H,7-10,21H2,1H3. The molecule has 0 atom stereocenters. The number of nitrogen functional groups attached to an aromatic ring is 1. The van der Waals surface area contributed by atoms with Crippen molar-refractivity contribution in [3.8, 4) is 22.0 Å². The molecule has 3 aromatic heterocycles. The highest BCUT2D eigenvalue weighted by Crippen LogP contribution is 2.39. The second-order valence-electron chi connectivity index (χ2n) is 6.73. The minimum atomic E-state index is 0.651. The van der Waals surface area contributed by atoms with Crippen molar-refractivity contribution in [2.24, 2.45) is 7.05 Å². The van der Waals surface area contributed by atoms with E-state index in [1.807, 2.05) is 25.2 Å². The Hall–Kier alpha value is -2.97. The number of morpholine rings is 1. The van der Waals surface area contributed by atoms with Crippen LogP contribution < -0.4 is 10.6 Å². The molecule has 0 spiro atoms. The summed E-state index contributed by atoms with van der Waals surface area (Å²) >= 11 is 1.58. The van der Waals surface area contributed by atoms with Gasteiger partial charge < -0.3 is 19.9 Å². The Morgan fingerprint density at radius 1 is 1.07 bits per heavy atom. The number of rotatable bonds is 3. The Balaban J connectivity index is 1.72. The van der Waals surface area contributed by atoms with E-state index in [1.54, 1.807) is 23.7 Å². The largest absolute Gasteiger partial charge is 0.396 e. The molecule has 2 N–H and O–H groups in total. The molecule has 1 aliphatic rings. The van der Waals surface area contributed by atoms with Crippen molar-refractivity contribution in [3.05, 3.63) is 42.7 Å². The molecule has 0 saturated carbocycles. The SMILES string of the molecule is Cn1c(N2CCOCC2)nc(-c2ccccc2)c1-c1nc2cncc(N)c2s1. The zero-order chi connectivity index (χ0) is 19.1. The first-order chi connectivity index (χ1) is 13.7. The Morgan fingerprint density at radius 3 is 2.61 bits per heavy atom. The monoisotopic (exact) mass is 392 g/mol. The fraction of sp³-hybridized carbons (Fsp3) is 0.250. The molecular weight excluding hydrogens is 372 g/mol. The molecule has 8 heteroatoms. The van der Waals surface area contributed by atoms with Gasteiger partial charge >= 0.3 is 0 Å². The summed E-state index contributed by atoms with van der Waals surface area (Å²) in [5.41, 5.74) is 10.6. The molecule has 7 nitrogen and oxygen atoms in total. The van der Waals surface area contributed by atoms with Crippen LogP contribution in [0.1, 0.15) is 0 Å². The number of imidazole rings is 1. The van der Waals surface area contributed by atoms with E-state index >= 15 is 0 Å². The van der Waals surface area contributed by atoms with Crippen LogP contribution in [0.15, 0.2) is 42.7 Å². The molecule has 1 aliphatic heterocycles. The zero-order valence-corrected chi connectivity index (χ0v) is 16.3. The molecule has 0 unspecified atom stereocenters. The van der Waals surface area contributed by atoms with Crippen LogP contribution in [0.4, 0.5) is 11.6 Å². The summed E-state index contributed by atoms with van der Waals surface area (Å²) in [5.74, 6) is 0.933. The molecule has 0 aliphatic carbocycles. The number of pyridine rings is 1. The van der Waals surface area contributed by atoms with E-state index in [1.165, 1.54) is 0 Å². The molecule has 28 heavy (non-hydrogen) atoms. The number of thiazole rings is 1. The van der Waals surface area contributed by atoms with Gasteiger partial charge in [-0.15, -0.1) is 11.3 Å². The number of hydrogen-bond acceptors (Lipinski definition) is 7. The van der Waals surface area contributed by atoms with Gasteiger partial charge in [-0.1, -0.05) is 30.3 Å². The minimum absolute atomic E-state index is 0.651. The maximum absolute atomic E-state index is 6.12. The number of anilines is 2. The summed E-state index contributed by atoms with van der Waals surface area (Å²) in [5, 5.41) is 0.892. The average Bonchev–Trinajstić information content (AvgIpc) is 3.31. The topological polar surface area (TPSA) is 82.1 Å². The number of benzene rings is 1. The summed E-state index contributed by atoms with van der Waals surface area (Å²) in [6.45, 7) is 3.09. The van der Waals surface area contributed by atoms with Gasteiger partial charge in [0.15, 0.2) is 0 Å². The van der Waals surface area contributed by atoms with Gasteiger partial charge in [0.05, 0.1) is 36.0 Å². The van der Waals surface area contributed by atoms with E-state index < -0.39 is 0 Å². The summed E-state index contributed by atoms with van der Waals surface area (Å²) < 4.78 is 8.60. The number of nitrogens with two attached hydrogens (primary N) is 1. The summed E-state index contributed by atoms with van der Waals surface area (Å²) in [7, 11) is 2.05. The third kappa shape index (κ3) is 2.81. The smallest absolute Gasteiger partial charge is 0.206 e. The molecule has 1 aromatic carbocycles. The number of ether oxygens (including phenoxy) is 1. The number of nitrogens with zero attached hydrogens (tertiary/aromatic N) is 5. The van der Waals surface area contributed by atoms with E-state index in [0.29, 0.717) is 18.9 Å². The van der Waals surface area contributed by atoms with Crippen molar-refractivity contribution >= 4 is 33.2 Å². The third-order valence-corrected chi connectivity index (χ3v) is 6.07. The summed E-state index contributed by atoms with van der Waals surface area (Å²) in [6.07, 6.45) is 3.43. The molecular formula is C20H20N6OS. The van der Waals surface area contributed by atoms with Gasteiger partial charge in [0.1, 0.15) is 21.9 Å². The van der Waals surface area contributed by atoms with Crippen molar-refractivity contribution in [2.75, 3.05) is 36.9 Å². The van der Waals surface area contributed by atoms with Crippen molar-refractivity contribution < 1.29 is 4.74 Å². The molecule has 5 rings (SSSR count). The van der Waals surface area contributed by atoms with Gasteiger partial charge in [0.25, 0.3) is 0 Å². The highest BCUT2D eigenvalue weighted by atomic mass is 32.1. The predicted molar refractivity (Wildman–Crippen MR) is 112 cm³/mol. The molecule has 0 radical (unpaired) electrons. The normalized spacial score (nSPS) is 14.7. The van der Waals surface area contributed by atoms with Crippen LogP contribution in [-0.2, 0) is 11.8 Å². The second-order valence-corrected chi connectivity index (χ2v) is 7.73. The van der Waals surface area contributed by atoms with E-state index in [0.717, 1.165) is 51.2 Å². The Bertz CT molecular complexity index is 1130.